The summed E-state index contributed by atoms with van der Waals surface area (Å²) in [6.07, 6.45) is 0. The smallest absolute Gasteiger partial charge is 0.340 e. The third kappa shape index (κ3) is 3.16. The number of anilines is 3. The maximum Gasteiger partial charge on any atom is 0.340 e. The highest BCUT2D eigenvalue weighted by molar-refractivity contribution is 6.00. The number of methoxy groups -OCH3 is 1. The average molecular weight is 284 g/mol. The van der Waals surface area contributed by atoms with E-state index >= 15 is 0 Å². The molecular formula is C17H20N2O2. The Morgan fingerprint density at radius 3 is 2.52 bits per heavy atom. The topological polar surface area (TPSA) is 64.3 Å². The average Bonchev–Trinajstić information content (AvgIpc) is 2.48. The molecule has 0 unspecified atom stereocenters. The van der Waals surface area contributed by atoms with Crippen LogP contribution in [0.15, 0.2) is 42.5 Å². The van der Waals surface area contributed by atoms with Gasteiger partial charge in [-0.05, 0) is 29.7 Å². The standard InChI is InChI=1S/C17H20N2O2/c1-11(2)12-7-4-5-10-15(12)19-16-13(17(20)21-3)8-6-9-14(16)18/h4-11,19H,18H2,1-3H3. The number of nitrogens with two attached hydrogens (primary N) is 1. The lowest BCUT2D eigenvalue weighted by Gasteiger charge is -2.17. The summed E-state index contributed by atoms with van der Waals surface area (Å²) in [5.41, 5.74) is 9.64. The van der Waals surface area contributed by atoms with Gasteiger partial charge in [-0.25, -0.2) is 4.79 Å². The van der Waals surface area contributed by atoms with Gasteiger partial charge >= 0.3 is 5.97 Å². The maximum absolute atomic E-state index is 11.9. The number of benzene rings is 2. The number of hydrogen-bond donors (Lipinski definition) is 2. The highest BCUT2D eigenvalue weighted by Crippen LogP contribution is 2.32. The highest BCUT2D eigenvalue weighted by atomic mass is 16.5. The summed E-state index contributed by atoms with van der Waals surface area (Å²) in [6.45, 7) is 4.24. The van der Waals surface area contributed by atoms with Gasteiger partial charge in [0.1, 0.15) is 0 Å². The monoisotopic (exact) mass is 284 g/mol. The molecule has 3 N–H and O–H groups in total. The van der Waals surface area contributed by atoms with E-state index in [-0.39, 0.29) is 0 Å². The van der Waals surface area contributed by atoms with E-state index in [2.05, 4.69) is 25.2 Å². The lowest BCUT2D eigenvalue weighted by atomic mass is 10.0. The first-order valence-corrected chi connectivity index (χ1v) is 6.87. The number of para-hydroxylation sites is 2. The molecular weight excluding hydrogens is 264 g/mol. The van der Waals surface area contributed by atoms with Crippen LogP contribution < -0.4 is 11.1 Å². The molecule has 0 aliphatic heterocycles. The largest absolute Gasteiger partial charge is 0.465 e. The van der Waals surface area contributed by atoms with Gasteiger partial charge in [0.25, 0.3) is 0 Å². The molecule has 0 heterocycles. The molecule has 21 heavy (non-hydrogen) atoms. The summed E-state index contributed by atoms with van der Waals surface area (Å²) in [5.74, 6) is -0.0490. The Morgan fingerprint density at radius 2 is 1.86 bits per heavy atom. The summed E-state index contributed by atoms with van der Waals surface area (Å²) < 4.78 is 4.81. The number of nitrogens with one attached hydrogen (secondary N) is 1. The number of ether oxygens (including phenoxy) is 1. The molecule has 0 saturated heterocycles. The molecule has 0 aromatic heterocycles. The molecule has 0 aliphatic carbocycles. The molecule has 0 atom stereocenters. The maximum atomic E-state index is 11.9. The molecule has 0 bridgehead atoms. The van der Waals surface area contributed by atoms with Crippen molar-refractivity contribution in [1.29, 1.82) is 0 Å². The lowest BCUT2D eigenvalue weighted by Crippen LogP contribution is -2.09. The van der Waals surface area contributed by atoms with Crippen molar-refractivity contribution < 1.29 is 9.53 Å². The van der Waals surface area contributed by atoms with Crippen LogP contribution in [-0.2, 0) is 4.74 Å². The molecule has 2 aromatic carbocycles. The van der Waals surface area contributed by atoms with Gasteiger partial charge in [0.2, 0.25) is 0 Å². The summed E-state index contributed by atoms with van der Waals surface area (Å²) in [6, 6.07) is 13.2. The van der Waals surface area contributed by atoms with Crippen molar-refractivity contribution in [1.82, 2.24) is 0 Å². The first-order valence-electron chi connectivity index (χ1n) is 6.87. The fourth-order valence-electron chi connectivity index (χ4n) is 2.24. The number of rotatable bonds is 4. The molecule has 0 amide bonds. The summed E-state index contributed by atoms with van der Waals surface area (Å²) >= 11 is 0. The van der Waals surface area contributed by atoms with Gasteiger partial charge in [-0.15, -0.1) is 0 Å². The van der Waals surface area contributed by atoms with Crippen molar-refractivity contribution in [2.24, 2.45) is 0 Å². The van der Waals surface area contributed by atoms with Crippen LogP contribution in [-0.4, -0.2) is 13.1 Å². The first kappa shape index (κ1) is 14.9. The normalized spacial score (nSPS) is 10.5. The van der Waals surface area contributed by atoms with Crippen LogP contribution in [0.2, 0.25) is 0 Å². The summed E-state index contributed by atoms with van der Waals surface area (Å²) in [4.78, 5) is 11.9. The second-order valence-corrected chi connectivity index (χ2v) is 5.13. The molecule has 0 fully saturated rings. The second kappa shape index (κ2) is 6.31. The van der Waals surface area contributed by atoms with Crippen LogP contribution in [0.3, 0.4) is 0 Å². The predicted octanol–water partition coefficient (Wildman–Crippen LogP) is 3.92. The Hall–Kier alpha value is -2.49. The molecule has 0 aliphatic rings. The predicted molar refractivity (Wildman–Crippen MR) is 86.0 cm³/mol. The minimum absolute atomic E-state index is 0.361. The third-order valence-corrected chi connectivity index (χ3v) is 3.34. The van der Waals surface area contributed by atoms with Gasteiger partial charge < -0.3 is 15.8 Å². The van der Waals surface area contributed by atoms with Crippen molar-refractivity contribution in [2.75, 3.05) is 18.2 Å². The molecule has 0 spiro atoms. The van der Waals surface area contributed by atoms with E-state index in [4.69, 9.17) is 10.5 Å². The van der Waals surface area contributed by atoms with E-state index in [1.807, 2.05) is 18.2 Å². The number of hydrogen-bond acceptors (Lipinski definition) is 4. The molecule has 0 saturated carbocycles. The first-order chi connectivity index (χ1) is 10.0. The zero-order chi connectivity index (χ0) is 15.4. The Bertz CT molecular complexity index is 651. The van der Waals surface area contributed by atoms with Crippen molar-refractivity contribution in [3.8, 4) is 0 Å². The third-order valence-electron chi connectivity index (χ3n) is 3.34. The van der Waals surface area contributed by atoms with Gasteiger partial charge in [0.05, 0.1) is 24.0 Å². The van der Waals surface area contributed by atoms with Crippen LogP contribution in [0.1, 0.15) is 35.7 Å². The van der Waals surface area contributed by atoms with Gasteiger partial charge in [-0.1, -0.05) is 38.1 Å². The van der Waals surface area contributed by atoms with E-state index in [0.29, 0.717) is 22.9 Å². The molecule has 2 aromatic rings. The lowest BCUT2D eigenvalue weighted by molar-refractivity contribution is 0.0602. The van der Waals surface area contributed by atoms with Crippen LogP contribution in [0.25, 0.3) is 0 Å². The van der Waals surface area contributed by atoms with Crippen molar-refractivity contribution in [2.45, 2.75) is 19.8 Å². The molecule has 0 radical (unpaired) electrons. The van der Waals surface area contributed by atoms with E-state index in [1.54, 1.807) is 18.2 Å². The number of carbonyl (C=O) groups excluding carboxylic acids is 1. The van der Waals surface area contributed by atoms with Crippen LogP contribution in [0.5, 0.6) is 0 Å². The van der Waals surface area contributed by atoms with Crippen molar-refractivity contribution in [3.63, 3.8) is 0 Å². The fraction of sp³-hybridized carbons (Fsp3) is 0.235. The van der Waals surface area contributed by atoms with Gasteiger partial charge in [-0.3, -0.25) is 0 Å². The Balaban J connectivity index is 2.47. The zero-order valence-electron chi connectivity index (χ0n) is 12.5. The molecule has 2 rings (SSSR count). The van der Waals surface area contributed by atoms with E-state index in [9.17, 15) is 4.79 Å². The van der Waals surface area contributed by atoms with Gasteiger partial charge in [0.15, 0.2) is 0 Å². The van der Waals surface area contributed by atoms with Crippen molar-refractivity contribution >= 4 is 23.0 Å². The highest BCUT2D eigenvalue weighted by Gasteiger charge is 2.15. The minimum atomic E-state index is -0.410. The van der Waals surface area contributed by atoms with Crippen LogP contribution >= 0.6 is 0 Å². The Labute approximate surface area is 124 Å². The Morgan fingerprint density at radius 1 is 1.14 bits per heavy atom. The number of esters is 1. The van der Waals surface area contributed by atoms with Gasteiger partial charge in [-0.2, -0.15) is 0 Å². The number of carbonyl (C=O) groups is 1. The summed E-state index contributed by atoms with van der Waals surface area (Å²) in [7, 11) is 1.36. The van der Waals surface area contributed by atoms with E-state index in [0.717, 1.165) is 11.3 Å². The minimum Gasteiger partial charge on any atom is -0.465 e. The second-order valence-electron chi connectivity index (χ2n) is 5.13. The SMILES string of the molecule is COC(=O)c1cccc(N)c1Nc1ccccc1C(C)C. The van der Waals surface area contributed by atoms with Crippen LogP contribution in [0.4, 0.5) is 17.1 Å². The Kier molecular flexibility index (Phi) is 4.48. The molecule has 110 valence electrons. The van der Waals surface area contributed by atoms with Gasteiger partial charge in [0, 0.05) is 5.69 Å². The molecule has 4 nitrogen and oxygen atoms in total. The summed E-state index contributed by atoms with van der Waals surface area (Å²) in [5, 5.41) is 3.28. The van der Waals surface area contributed by atoms with Crippen LogP contribution in [0, 0.1) is 0 Å². The number of nitrogen functional groups attached to an aromatic ring is 1. The zero-order valence-corrected chi connectivity index (χ0v) is 12.5. The van der Waals surface area contributed by atoms with Crippen molar-refractivity contribution in [3.05, 3.63) is 53.6 Å². The van der Waals surface area contributed by atoms with E-state index in [1.165, 1.54) is 7.11 Å². The fourth-order valence-corrected chi connectivity index (χ4v) is 2.24. The van der Waals surface area contributed by atoms with E-state index < -0.39 is 5.97 Å². The molecule has 4 heteroatoms. The quantitative estimate of drug-likeness (QED) is 0.659.